The van der Waals surface area contributed by atoms with Crippen molar-refractivity contribution in [2.75, 3.05) is 24.6 Å². The number of aliphatic hydroxyl groups excluding tert-OH is 1. The molecule has 1 saturated heterocycles. The number of hydrogen-bond acceptors (Lipinski definition) is 3. The summed E-state index contributed by atoms with van der Waals surface area (Å²) >= 11 is 0. The van der Waals surface area contributed by atoms with E-state index in [2.05, 4.69) is 35.9 Å². The zero-order valence-electron chi connectivity index (χ0n) is 10.1. The Kier molecular flexibility index (Phi) is 3.44. The van der Waals surface area contributed by atoms with E-state index in [9.17, 15) is 0 Å². The fourth-order valence-corrected chi connectivity index (χ4v) is 2.12. The maximum Gasteiger partial charge on any atom is 0.128 e. The Morgan fingerprint density at radius 3 is 2.81 bits per heavy atom. The summed E-state index contributed by atoms with van der Waals surface area (Å²) in [6.07, 6.45) is 3.04. The first-order valence-electron chi connectivity index (χ1n) is 6.02. The third-order valence-corrected chi connectivity index (χ3v) is 3.31. The largest absolute Gasteiger partial charge is 0.396 e. The van der Waals surface area contributed by atoms with Crippen LogP contribution in [0.5, 0.6) is 0 Å². The first kappa shape index (κ1) is 11.4. The fraction of sp³-hybridized carbons (Fsp3) is 0.615. The molecule has 1 N–H and O–H groups in total. The Hall–Kier alpha value is -1.09. The highest BCUT2D eigenvalue weighted by Crippen LogP contribution is 2.23. The SMILES string of the molecule is CC(C)c1ccc(N2CCC(CO)C2)nc1. The summed E-state index contributed by atoms with van der Waals surface area (Å²) in [5.74, 6) is 2.00. The summed E-state index contributed by atoms with van der Waals surface area (Å²) in [7, 11) is 0. The van der Waals surface area contributed by atoms with Crippen molar-refractivity contribution in [1.82, 2.24) is 4.98 Å². The smallest absolute Gasteiger partial charge is 0.128 e. The maximum absolute atomic E-state index is 9.10. The average molecular weight is 220 g/mol. The maximum atomic E-state index is 9.10. The second-order valence-electron chi connectivity index (χ2n) is 4.89. The van der Waals surface area contributed by atoms with E-state index in [0.29, 0.717) is 18.4 Å². The summed E-state index contributed by atoms with van der Waals surface area (Å²) in [6, 6.07) is 4.24. The monoisotopic (exact) mass is 220 g/mol. The number of anilines is 1. The first-order valence-corrected chi connectivity index (χ1v) is 6.02. The van der Waals surface area contributed by atoms with Crippen LogP contribution in [0.1, 0.15) is 31.7 Å². The molecule has 88 valence electrons. The van der Waals surface area contributed by atoms with Gasteiger partial charge in [-0.25, -0.2) is 4.98 Å². The average Bonchev–Trinajstić information content (AvgIpc) is 2.77. The molecule has 1 atom stereocenters. The number of rotatable bonds is 3. The summed E-state index contributed by atoms with van der Waals surface area (Å²) < 4.78 is 0. The van der Waals surface area contributed by atoms with Gasteiger partial charge in [-0.3, -0.25) is 0 Å². The fourth-order valence-electron chi connectivity index (χ4n) is 2.12. The Labute approximate surface area is 97.1 Å². The molecule has 0 spiro atoms. The highest BCUT2D eigenvalue weighted by Gasteiger charge is 2.22. The summed E-state index contributed by atoms with van der Waals surface area (Å²) in [6.45, 7) is 6.59. The molecule has 0 amide bonds. The van der Waals surface area contributed by atoms with Gasteiger partial charge in [-0.15, -0.1) is 0 Å². The third kappa shape index (κ3) is 2.35. The van der Waals surface area contributed by atoms with Crippen LogP contribution in [0.3, 0.4) is 0 Å². The van der Waals surface area contributed by atoms with Gasteiger partial charge in [0.25, 0.3) is 0 Å². The van der Waals surface area contributed by atoms with Gasteiger partial charge in [0.2, 0.25) is 0 Å². The van der Waals surface area contributed by atoms with E-state index in [1.165, 1.54) is 5.56 Å². The molecule has 16 heavy (non-hydrogen) atoms. The molecule has 1 aliphatic heterocycles. The Balaban J connectivity index is 2.05. The molecule has 3 nitrogen and oxygen atoms in total. The van der Waals surface area contributed by atoms with Crippen molar-refractivity contribution in [2.45, 2.75) is 26.2 Å². The van der Waals surface area contributed by atoms with Crippen LogP contribution >= 0.6 is 0 Å². The van der Waals surface area contributed by atoms with Gasteiger partial charge in [-0.1, -0.05) is 19.9 Å². The lowest BCUT2D eigenvalue weighted by Crippen LogP contribution is -2.21. The number of pyridine rings is 1. The van der Waals surface area contributed by atoms with E-state index in [4.69, 9.17) is 5.11 Å². The molecule has 1 fully saturated rings. The summed E-state index contributed by atoms with van der Waals surface area (Å²) in [4.78, 5) is 6.75. The normalized spacial score (nSPS) is 20.8. The van der Waals surface area contributed by atoms with Gasteiger partial charge in [-0.05, 0) is 24.0 Å². The molecule has 0 radical (unpaired) electrons. The first-order chi connectivity index (χ1) is 7.70. The third-order valence-electron chi connectivity index (χ3n) is 3.31. The number of nitrogens with zero attached hydrogens (tertiary/aromatic N) is 2. The quantitative estimate of drug-likeness (QED) is 0.846. The van der Waals surface area contributed by atoms with Crippen LogP contribution in [0, 0.1) is 5.92 Å². The molecule has 1 aromatic heterocycles. The van der Waals surface area contributed by atoms with Gasteiger partial charge in [-0.2, -0.15) is 0 Å². The van der Waals surface area contributed by atoms with E-state index in [0.717, 1.165) is 25.3 Å². The van der Waals surface area contributed by atoms with E-state index >= 15 is 0 Å². The van der Waals surface area contributed by atoms with E-state index in [1.807, 2.05) is 6.20 Å². The minimum atomic E-state index is 0.292. The van der Waals surface area contributed by atoms with Crippen molar-refractivity contribution < 1.29 is 5.11 Å². The van der Waals surface area contributed by atoms with Crippen molar-refractivity contribution in [3.8, 4) is 0 Å². The standard InChI is InChI=1S/C13H20N2O/c1-10(2)12-3-4-13(14-7-12)15-6-5-11(8-15)9-16/h3-4,7,10-11,16H,5-6,8-9H2,1-2H3. The lowest BCUT2D eigenvalue weighted by Gasteiger charge is -2.17. The predicted octanol–water partition coefficient (Wildman–Crippen LogP) is 2.02. The highest BCUT2D eigenvalue weighted by molar-refractivity contribution is 5.40. The molecule has 3 heteroatoms. The molecular weight excluding hydrogens is 200 g/mol. The van der Waals surface area contributed by atoms with Crippen LogP contribution < -0.4 is 4.90 Å². The number of hydrogen-bond donors (Lipinski definition) is 1. The highest BCUT2D eigenvalue weighted by atomic mass is 16.3. The molecular formula is C13H20N2O. The molecule has 2 heterocycles. The van der Waals surface area contributed by atoms with Crippen LogP contribution in [0.4, 0.5) is 5.82 Å². The topological polar surface area (TPSA) is 36.4 Å². The van der Waals surface area contributed by atoms with Gasteiger partial charge in [0.05, 0.1) is 0 Å². The molecule has 0 bridgehead atoms. The van der Waals surface area contributed by atoms with Gasteiger partial charge in [0, 0.05) is 31.8 Å². The van der Waals surface area contributed by atoms with Crippen molar-refractivity contribution in [3.05, 3.63) is 23.9 Å². The Morgan fingerprint density at radius 2 is 2.31 bits per heavy atom. The van der Waals surface area contributed by atoms with Crippen molar-refractivity contribution >= 4 is 5.82 Å². The molecule has 0 saturated carbocycles. The number of aliphatic hydroxyl groups is 1. The van der Waals surface area contributed by atoms with Crippen molar-refractivity contribution in [3.63, 3.8) is 0 Å². The molecule has 0 aliphatic carbocycles. The Bertz CT molecular complexity index is 334. The van der Waals surface area contributed by atoms with Crippen LogP contribution in [0.25, 0.3) is 0 Å². The molecule has 2 rings (SSSR count). The summed E-state index contributed by atoms with van der Waals surface area (Å²) in [5, 5.41) is 9.10. The molecule has 0 aromatic carbocycles. The van der Waals surface area contributed by atoms with Crippen LogP contribution in [-0.4, -0.2) is 29.8 Å². The Morgan fingerprint density at radius 1 is 1.50 bits per heavy atom. The predicted molar refractivity (Wildman–Crippen MR) is 65.7 cm³/mol. The second kappa shape index (κ2) is 4.83. The molecule has 1 aliphatic rings. The van der Waals surface area contributed by atoms with E-state index < -0.39 is 0 Å². The van der Waals surface area contributed by atoms with Crippen molar-refractivity contribution in [1.29, 1.82) is 0 Å². The lowest BCUT2D eigenvalue weighted by atomic mass is 10.1. The van der Waals surface area contributed by atoms with Gasteiger partial charge in [0.15, 0.2) is 0 Å². The zero-order valence-corrected chi connectivity index (χ0v) is 10.1. The molecule has 1 aromatic rings. The van der Waals surface area contributed by atoms with E-state index in [-0.39, 0.29) is 0 Å². The van der Waals surface area contributed by atoms with Gasteiger partial charge >= 0.3 is 0 Å². The minimum absolute atomic E-state index is 0.292. The zero-order chi connectivity index (χ0) is 11.5. The minimum Gasteiger partial charge on any atom is -0.396 e. The van der Waals surface area contributed by atoms with Crippen LogP contribution in [0.2, 0.25) is 0 Å². The van der Waals surface area contributed by atoms with Gasteiger partial charge < -0.3 is 10.0 Å². The molecule has 1 unspecified atom stereocenters. The van der Waals surface area contributed by atoms with E-state index in [1.54, 1.807) is 0 Å². The second-order valence-corrected chi connectivity index (χ2v) is 4.89. The van der Waals surface area contributed by atoms with Crippen molar-refractivity contribution in [2.24, 2.45) is 5.92 Å². The number of aromatic nitrogens is 1. The summed E-state index contributed by atoms with van der Waals surface area (Å²) in [5.41, 5.74) is 1.28. The van der Waals surface area contributed by atoms with Crippen LogP contribution in [-0.2, 0) is 0 Å². The lowest BCUT2D eigenvalue weighted by molar-refractivity contribution is 0.238. The van der Waals surface area contributed by atoms with Crippen LogP contribution in [0.15, 0.2) is 18.3 Å². The van der Waals surface area contributed by atoms with Gasteiger partial charge in [0.1, 0.15) is 5.82 Å².